The van der Waals surface area contributed by atoms with E-state index in [9.17, 15) is 4.79 Å². The fraction of sp³-hybridized carbons (Fsp3) is 0.333. The number of rotatable bonds is 6. The standard InChI is InChI=1S/C21H26N4O/c1-21(2,3)20-18(14-23-24-20)13-22-12-16-7-9-17(10-8-16)15-25-11-5-4-6-19(25)26/h4-11,14,22H,12-13,15H2,1-3H3,(H,23,24). The zero-order valence-electron chi connectivity index (χ0n) is 15.6. The van der Waals surface area contributed by atoms with Crippen molar-refractivity contribution in [2.24, 2.45) is 0 Å². The monoisotopic (exact) mass is 350 g/mol. The van der Waals surface area contributed by atoms with Gasteiger partial charge < -0.3 is 9.88 Å². The molecule has 0 atom stereocenters. The maximum Gasteiger partial charge on any atom is 0.250 e. The summed E-state index contributed by atoms with van der Waals surface area (Å²) in [6.07, 6.45) is 3.71. The van der Waals surface area contributed by atoms with Crippen LogP contribution in [0.15, 0.2) is 59.7 Å². The minimum absolute atomic E-state index is 0.0213. The molecular weight excluding hydrogens is 324 g/mol. The van der Waals surface area contributed by atoms with Crippen LogP contribution in [0.4, 0.5) is 0 Å². The SMILES string of the molecule is CC(C)(C)c1[nH]ncc1CNCc1ccc(Cn2ccccc2=O)cc1. The quantitative estimate of drug-likeness (QED) is 0.717. The summed E-state index contributed by atoms with van der Waals surface area (Å²) in [6, 6.07) is 13.6. The summed E-state index contributed by atoms with van der Waals surface area (Å²) in [5.41, 5.74) is 4.80. The molecule has 26 heavy (non-hydrogen) atoms. The van der Waals surface area contributed by atoms with Crippen LogP contribution in [0.3, 0.4) is 0 Å². The number of benzene rings is 1. The Bertz CT molecular complexity index is 901. The van der Waals surface area contributed by atoms with E-state index < -0.39 is 0 Å². The average molecular weight is 350 g/mol. The van der Waals surface area contributed by atoms with Crippen LogP contribution in [0.2, 0.25) is 0 Å². The van der Waals surface area contributed by atoms with Crippen molar-refractivity contribution >= 4 is 0 Å². The van der Waals surface area contributed by atoms with Gasteiger partial charge in [-0.2, -0.15) is 5.10 Å². The number of hydrogen-bond donors (Lipinski definition) is 2. The van der Waals surface area contributed by atoms with E-state index in [0.29, 0.717) is 6.54 Å². The first-order chi connectivity index (χ1) is 12.4. The topological polar surface area (TPSA) is 62.7 Å². The van der Waals surface area contributed by atoms with Crippen LogP contribution in [-0.2, 0) is 25.0 Å². The molecule has 3 rings (SSSR count). The van der Waals surface area contributed by atoms with Crippen molar-refractivity contribution in [1.82, 2.24) is 20.1 Å². The molecule has 0 spiro atoms. The molecule has 136 valence electrons. The summed E-state index contributed by atoms with van der Waals surface area (Å²) in [5.74, 6) is 0. The van der Waals surface area contributed by atoms with Crippen LogP contribution in [0.25, 0.3) is 0 Å². The molecule has 3 aromatic rings. The third-order valence-corrected chi connectivity index (χ3v) is 4.39. The second-order valence-corrected chi connectivity index (χ2v) is 7.61. The lowest BCUT2D eigenvalue weighted by Gasteiger charge is -2.18. The predicted octanol–water partition coefficient (Wildman–Crippen LogP) is 3.21. The van der Waals surface area contributed by atoms with Gasteiger partial charge in [0.25, 0.3) is 5.56 Å². The van der Waals surface area contributed by atoms with Gasteiger partial charge in [-0.1, -0.05) is 51.1 Å². The zero-order valence-corrected chi connectivity index (χ0v) is 15.6. The molecule has 2 N–H and O–H groups in total. The Hall–Kier alpha value is -2.66. The van der Waals surface area contributed by atoms with E-state index in [-0.39, 0.29) is 11.0 Å². The van der Waals surface area contributed by atoms with Gasteiger partial charge >= 0.3 is 0 Å². The lowest BCUT2D eigenvalue weighted by Crippen LogP contribution is -2.19. The van der Waals surface area contributed by atoms with Gasteiger partial charge in [0.1, 0.15) is 0 Å². The van der Waals surface area contributed by atoms with Crippen LogP contribution in [0, 0.1) is 0 Å². The van der Waals surface area contributed by atoms with Gasteiger partial charge in [0.15, 0.2) is 0 Å². The second kappa shape index (κ2) is 7.70. The fourth-order valence-electron chi connectivity index (χ4n) is 2.99. The van der Waals surface area contributed by atoms with E-state index in [1.165, 1.54) is 16.8 Å². The first-order valence-corrected chi connectivity index (χ1v) is 8.90. The third kappa shape index (κ3) is 4.49. The highest BCUT2D eigenvalue weighted by molar-refractivity contribution is 5.25. The first-order valence-electron chi connectivity index (χ1n) is 8.90. The van der Waals surface area contributed by atoms with Crippen LogP contribution in [0.5, 0.6) is 0 Å². The zero-order chi connectivity index (χ0) is 18.6. The van der Waals surface area contributed by atoms with E-state index in [2.05, 4.69) is 60.6 Å². The molecule has 0 saturated heterocycles. The maximum atomic E-state index is 11.8. The molecule has 5 nitrogen and oxygen atoms in total. The number of aromatic nitrogens is 3. The highest BCUT2D eigenvalue weighted by Crippen LogP contribution is 2.23. The van der Waals surface area contributed by atoms with Crippen molar-refractivity contribution in [3.63, 3.8) is 0 Å². The largest absolute Gasteiger partial charge is 0.311 e. The molecule has 0 radical (unpaired) electrons. The Balaban J connectivity index is 1.56. The smallest absolute Gasteiger partial charge is 0.250 e. The summed E-state index contributed by atoms with van der Waals surface area (Å²) < 4.78 is 1.71. The van der Waals surface area contributed by atoms with Gasteiger partial charge in [0, 0.05) is 42.0 Å². The Morgan fingerprint density at radius 3 is 2.46 bits per heavy atom. The van der Waals surface area contributed by atoms with Crippen LogP contribution < -0.4 is 10.9 Å². The molecule has 0 saturated carbocycles. The summed E-state index contributed by atoms with van der Waals surface area (Å²) in [7, 11) is 0. The van der Waals surface area contributed by atoms with Gasteiger partial charge in [-0.25, -0.2) is 0 Å². The molecule has 0 aliphatic rings. The van der Waals surface area contributed by atoms with Crippen molar-refractivity contribution in [3.8, 4) is 0 Å². The van der Waals surface area contributed by atoms with Gasteiger partial charge in [0.05, 0.1) is 12.7 Å². The van der Waals surface area contributed by atoms with Crippen LogP contribution in [0.1, 0.15) is 43.2 Å². The summed E-state index contributed by atoms with van der Waals surface area (Å²) in [6.45, 7) is 8.71. The van der Waals surface area contributed by atoms with Crippen molar-refractivity contribution in [2.45, 2.75) is 45.8 Å². The summed E-state index contributed by atoms with van der Waals surface area (Å²) >= 11 is 0. The minimum Gasteiger partial charge on any atom is -0.311 e. The van der Waals surface area contributed by atoms with Crippen molar-refractivity contribution in [2.75, 3.05) is 0 Å². The highest BCUT2D eigenvalue weighted by atomic mass is 16.1. The van der Waals surface area contributed by atoms with Crippen molar-refractivity contribution < 1.29 is 0 Å². The Labute approximate surface area is 154 Å². The van der Waals surface area contributed by atoms with E-state index in [1.54, 1.807) is 16.7 Å². The normalized spacial score (nSPS) is 11.7. The van der Waals surface area contributed by atoms with Crippen LogP contribution >= 0.6 is 0 Å². The Morgan fingerprint density at radius 2 is 1.77 bits per heavy atom. The number of hydrogen-bond acceptors (Lipinski definition) is 3. The Kier molecular flexibility index (Phi) is 5.38. The molecule has 0 aliphatic heterocycles. The second-order valence-electron chi connectivity index (χ2n) is 7.61. The maximum absolute atomic E-state index is 11.8. The van der Waals surface area contributed by atoms with Crippen molar-refractivity contribution in [1.29, 1.82) is 0 Å². The predicted molar refractivity (Wildman–Crippen MR) is 104 cm³/mol. The number of pyridine rings is 1. The summed E-state index contributed by atoms with van der Waals surface area (Å²) in [5, 5.41) is 10.8. The van der Waals surface area contributed by atoms with E-state index >= 15 is 0 Å². The lowest BCUT2D eigenvalue weighted by molar-refractivity contribution is 0.553. The summed E-state index contributed by atoms with van der Waals surface area (Å²) in [4.78, 5) is 11.8. The van der Waals surface area contributed by atoms with E-state index in [4.69, 9.17) is 0 Å². The van der Waals surface area contributed by atoms with Crippen LogP contribution in [-0.4, -0.2) is 14.8 Å². The minimum atomic E-state index is 0.0213. The average Bonchev–Trinajstić information content (AvgIpc) is 3.07. The molecule has 0 bridgehead atoms. The molecule has 0 amide bonds. The number of H-pyrrole nitrogens is 1. The Morgan fingerprint density at radius 1 is 1.04 bits per heavy atom. The molecule has 2 heterocycles. The fourth-order valence-corrected chi connectivity index (χ4v) is 2.99. The molecule has 1 aromatic carbocycles. The molecule has 2 aromatic heterocycles. The lowest BCUT2D eigenvalue weighted by atomic mass is 9.89. The highest BCUT2D eigenvalue weighted by Gasteiger charge is 2.19. The van der Waals surface area contributed by atoms with Gasteiger partial charge in [-0.3, -0.25) is 9.89 Å². The van der Waals surface area contributed by atoms with E-state index in [1.807, 2.05) is 18.5 Å². The number of aromatic amines is 1. The van der Waals surface area contributed by atoms with Gasteiger partial charge in [-0.05, 0) is 17.2 Å². The molecule has 0 aliphatic carbocycles. The van der Waals surface area contributed by atoms with Gasteiger partial charge in [-0.15, -0.1) is 0 Å². The number of nitrogens with one attached hydrogen (secondary N) is 2. The molecule has 0 fully saturated rings. The van der Waals surface area contributed by atoms with Crippen molar-refractivity contribution in [3.05, 3.63) is 87.6 Å². The molecule has 5 heteroatoms. The van der Waals surface area contributed by atoms with Gasteiger partial charge in [0.2, 0.25) is 0 Å². The van der Waals surface area contributed by atoms with E-state index in [0.717, 1.165) is 18.7 Å². The molecule has 0 unspecified atom stereocenters. The first kappa shape index (κ1) is 18.1. The molecular formula is C21H26N4O. The third-order valence-electron chi connectivity index (χ3n) is 4.39. The number of nitrogens with zero attached hydrogens (tertiary/aromatic N) is 2.